The molecule has 1 atom stereocenters. The third-order valence-corrected chi connectivity index (χ3v) is 4.23. The van der Waals surface area contributed by atoms with Gasteiger partial charge in [0, 0.05) is 0 Å². The second-order valence-electron chi connectivity index (χ2n) is 5.68. The molecule has 0 aromatic carbocycles. The molecule has 0 aliphatic heterocycles. The van der Waals surface area contributed by atoms with Gasteiger partial charge in [0.25, 0.3) is 0 Å². The van der Waals surface area contributed by atoms with Crippen molar-refractivity contribution in [3.63, 3.8) is 0 Å². The minimum atomic E-state index is -2.87. The van der Waals surface area contributed by atoms with Crippen LogP contribution in [0, 0.1) is 5.41 Å². The van der Waals surface area contributed by atoms with Crippen molar-refractivity contribution in [1.82, 2.24) is 0 Å². The standard InChI is InChI=1S/C16H26O9/c1-4-7-8-24-12(19)10-25-14(22)15(5-2,6-3)16(23,13(20)21)9-11(17)18/h23H,4-10H2,1-3H3,(H,17,18)(H,20,21). The number of carboxylic acids is 2. The number of unbranched alkanes of at least 4 members (excludes halogenated alkanes) is 1. The molecule has 0 aliphatic carbocycles. The summed E-state index contributed by atoms with van der Waals surface area (Å²) in [6.45, 7) is 4.19. The summed E-state index contributed by atoms with van der Waals surface area (Å²) in [5.41, 5.74) is -4.88. The summed E-state index contributed by atoms with van der Waals surface area (Å²) >= 11 is 0. The summed E-state index contributed by atoms with van der Waals surface area (Å²) in [6.07, 6.45) is -0.111. The molecule has 0 aromatic rings. The highest BCUT2D eigenvalue weighted by atomic mass is 16.6. The fourth-order valence-electron chi connectivity index (χ4n) is 2.60. The number of hydrogen-bond acceptors (Lipinski definition) is 7. The van der Waals surface area contributed by atoms with Crippen molar-refractivity contribution in [3.05, 3.63) is 0 Å². The lowest BCUT2D eigenvalue weighted by Gasteiger charge is -2.40. The van der Waals surface area contributed by atoms with E-state index in [0.717, 1.165) is 6.42 Å². The molecule has 0 spiro atoms. The average molecular weight is 362 g/mol. The first kappa shape index (κ1) is 22.8. The van der Waals surface area contributed by atoms with Crippen LogP contribution in [0.25, 0.3) is 0 Å². The van der Waals surface area contributed by atoms with E-state index in [0.29, 0.717) is 6.42 Å². The van der Waals surface area contributed by atoms with Crippen molar-refractivity contribution in [2.24, 2.45) is 5.41 Å². The number of esters is 2. The highest BCUT2D eigenvalue weighted by Crippen LogP contribution is 2.42. The number of carbonyl (C=O) groups is 4. The van der Waals surface area contributed by atoms with Gasteiger partial charge in [0.05, 0.1) is 13.0 Å². The molecule has 0 aliphatic rings. The van der Waals surface area contributed by atoms with E-state index in [1.807, 2.05) is 6.92 Å². The molecule has 25 heavy (non-hydrogen) atoms. The Morgan fingerprint density at radius 1 is 0.960 bits per heavy atom. The van der Waals surface area contributed by atoms with Crippen molar-refractivity contribution in [2.45, 2.75) is 58.5 Å². The maximum atomic E-state index is 12.4. The Balaban J connectivity index is 5.34. The highest BCUT2D eigenvalue weighted by Gasteiger charge is 2.60. The van der Waals surface area contributed by atoms with Crippen LogP contribution in [-0.4, -0.2) is 58.0 Å². The van der Waals surface area contributed by atoms with Gasteiger partial charge >= 0.3 is 23.9 Å². The molecule has 0 saturated carbocycles. The average Bonchev–Trinajstić information content (AvgIpc) is 2.53. The van der Waals surface area contributed by atoms with E-state index >= 15 is 0 Å². The Morgan fingerprint density at radius 2 is 1.52 bits per heavy atom. The molecule has 144 valence electrons. The van der Waals surface area contributed by atoms with E-state index in [1.54, 1.807) is 0 Å². The summed E-state index contributed by atoms with van der Waals surface area (Å²) in [4.78, 5) is 46.5. The summed E-state index contributed by atoms with van der Waals surface area (Å²) in [5, 5.41) is 28.7. The summed E-state index contributed by atoms with van der Waals surface area (Å²) in [5.74, 6) is -5.39. The zero-order valence-electron chi connectivity index (χ0n) is 14.7. The first-order chi connectivity index (χ1) is 11.6. The second kappa shape index (κ2) is 9.97. The molecule has 0 heterocycles. The molecule has 0 fully saturated rings. The van der Waals surface area contributed by atoms with Crippen LogP contribution in [-0.2, 0) is 28.7 Å². The molecule has 0 bridgehead atoms. The van der Waals surface area contributed by atoms with Crippen molar-refractivity contribution in [1.29, 1.82) is 0 Å². The van der Waals surface area contributed by atoms with Gasteiger partial charge in [0.2, 0.25) is 0 Å². The van der Waals surface area contributed by atoms with Gasteiger partial charge in [-0.3, -0.25) is 9.59 Å². The maximum absolute atomic E-state index is 12.4. The normalized spacial score (nSPS) is 13.6. The van der Waals surface area contributed by atoms with Crippen LogP contribution in [0.2, 0.25) is 0 Å². The third kappa shape index (κ3) is 5.42. The molecular formula is C16H26O9. The molecule has 0 saturated heterocycles. The fraction of sp³-hybridized carbons (Fsp3) is 0.750. The monoisotopic (exact) mass is 362 g/mol. The van der Waals surface area contributed by atoms with Crippen molar-refractivity contribution in [2.75, 3.05) is 13.2 Å². The van der Waals surface area contributed by atoms with Gasteiger partial charge in [0.15, 0.2) is 12.2 Å². The van der Waals surface area contributed by atoms with Gasteiger partial charge < -0.3 is 24.8 Å². The number of rotatable bonds is 12. The second-order valence-corrected chi connectivity index (χ2v) is 5.68. The molecule has 0 amide bonds. The van der Waals surface area contributed by atoms with Crippen molar-refractivity contribution in [3.8, 4) is 0 Å². The Bertz CT molecular complexity index is 496. The van der Waals surface area contributed by atoms with Crippen LogP contribution in [0.4, 0.5) is 0 Å². The predicted octanol–water partition coefficient (Wildman–Crippen LogP) is 0.970. The Hall–Kier alpha value is -2.16. The predicted molar refractivity (Wildman–Crippen MR) is 84.7 cm³/mol. The summed E-state index contributed by atoms with van der Waals surface area (Å²) < 4.78 is 9.65. The van der Waals surface area contributed by atoms with Gasteiger partial charge in [-0.15, -0.1) is 0 Å². The first-order valence-corrected chi connectivity index (χ1v) is 8.11. The number of ether oxygens (including phenoxy) is 2. The van der Waals surface area contributed by atoms with E-state index in [9.17, 15) is 29.4 Å². The lowest BCUT2D eigenvalue weighted by Crippen LogP contribution is -2.59. The Kier molecular flexibility index (Phi) is 9.11. The van der Waals surface area contributed by atoms with Gasteiger partial charge in [0.1, 0.15) is 5.41 Å². The number of aliphatic hydroxyl groups is 1. The molecule has 1 unspecified atom stereocenters. The van der Waals surface area contributed by atoms with Crippen molar-refractivity contribution < 1.29 is 44.0 Å². The van der Waals surface area contributed by atoms with E-state index in [-0.39, 0.29) is 19.4 Å². The largest absolute Gasteiger partial charge is 0.481 e. The molecular weight excluding hydrogens is 336 g/mol. The number of aliphatic carboxylic acids is 2. The van der Waals surface area contributed by atoms with Crippen LogP contribution >= 0.6 is 0 Å². The van der Waals surface area contributed by atoms with E-state index in [2.05, 4.69) is 0 Å². The molecule has 9 nitrogen and oxygen atoms in total. The molecule has 0 radical (unpaired) electrons. The fourth-order valence-corrected chi connectivity index (χ4v) is 2.60. The lowest BCUT2D eigenvalue weighted by molar-refractivity contribution is -0.199. The molecule has 0 rings (SSSR count). The van der Waals surface area contributed by atoms with Crippen LogP contribution < -0.4 is 0 Å². The summed E-state index contributed by atoms with van der Waals surface area (Å²) in [7, 11) is 0. The van der Waals surface area contributed by atoms with E-state index in [1.165, 1.54) is 13.8 Å². The number of hydrogen-bond donors (Lipinski definition) is 3. The van der Waals surface area contributed by atoms with Crippen molar-refractivity contribution >= 4 is 23.9 Å². The van der Waals surface area contributed by atoms with Crippen LogP contribution in [0.15, 0.2) is 0 Å². The minimum Gasteiger partial charge on any atom is -0.481 e. The third-order valence-electron chi connectivity index (χ3n) is 4.23. The van der Waals surface area contributed by atoms with Crippen LogP contribution in [0.1, 0.15) is 52.9 Å². The van der Waals surface area contributed by atoms with Crippen LogP contribution in [0.3, 0.4) is 0 Å². The summed E-state index contributed by atoms with van der Waals surface area (Å²) in [6, 6.07) is 0. The van der Waals surface area contributed by atoms with Gasteiger partial charge in [-0.1, -0.05) is 27.2 Å². The first-order valence-electron chi connectivity index (χ1n) is 8.11. The number of carboxylic acid groups (broad SMARTS) is 2. The SMILES string of the molecule is CCCCOC(=O)COC(=O)C(CC)(CC)C(O)(CC(=O)O)C(=O)O. The highest BCUT2D eigenvalue weighted by molar-refractivity contribution is 5.93. The van der Waals surface area contributed by atoms with Gasteiger partial charge in [-0.05, 0) is 19.3 Å². The topological polar surface area (TPSA) is 147 Å². The maximum Gasteiger partial charge on any atom is 0.344 e. The molecule has 3 N–H and O–H groups in total. The van der Waals surface area contributed by atoms with Crippen LogP contribution in [0.5, 0.6) is 0 Å². The smallest absolute Gasteiger partial charge is 0.344 e. The number of carbonyl (C=O) groups excluding carboxylic acids is 2. The lowest BCUT2D eigenvalue weighted by atomic mass is 9.66. The zero-order chi connectivity index (χ0) is 19.7. The molecule has 9 heteroatoms. The van der Waals surface area contributed by atoms with Gasteiger partial charge in [-0.2, -0.15) is 0 Å². The quantitative estimate of drug-likeness (QED) is 0.341. The van der Waals surface area contributed by atoms with E-state index in [4.69, 9.17) is 14.6 Å². The minimum absolute atomic E-state index is 0.164. The molecule has 0 aromatic heterocycles. The van der Waals surface area contributed by atoms with E-state index < -0.39 is 47.9 Å². The zero-order valence-corrected chi connectivity index (χ0v) is 14.7. The Morgan fingerprint density at radius 3 is 1.92 bits per heavy atom. The van der Waals surface area contributed by atoms with Gasteiger partial charge in [-0.25, -0.2) is 9.59 Å². The Labute approximate surface area is 145 Å².